The quantitative estimate of drug-likeness (QED) is 0.114. The molecule has 50 heavy (non-hydrogen) atoms. The normalized spacial score (nSPS) is 18.3. The van der Waals surface area contributed by atoms with Crippen LogP contribution in [-0.4, -0.2) is 0 Å². The summed E-state index contributed by atoms with van der Waals surface area (Å²) in [6.45, 7) is 21.1. The fourth-order valence-corrected chi connectivity index (χ4v) is 9.71. The van der Waals surface area contributed by atoms with E-state index < -0.39 is 5.41 Å². The molecule has 1 atom stereocenters. The average molecular weight is 653 g/mol. The molecule has 2 aromatic heterocycles. The van der Waals surface area contributed by atoms with E-state index in [1.54, 1.807) is 0 Å². The first kappa shape index (κ1) is 30.0. The Hall–Kier alpha value is -4.86. The molecule has 246 valence electrons. The summed E-state index contributed by atoms with van der Waals surface area (Å²) in [7, 11) is 0. The van der Waals surface area contributed by atoms with Gasteiger partial charge in [0.1, 0.15) is 11.1 Å². The zero-order chi connectivity index (χ0) is 34.7. The number of rotatable bonds is 0. The molecule has 0 radical (unpaired) electrons. The molecule has 0 saturated heterocycles. The summed E-state index contributed by atoms with van der Waals surface area (Å²) >= 11 is 0. The molecule has 10 rings (SSSR count). The summed E-state index contributed by atoms with van der Waals surface area (Å²) in [6.07, 6.45) is 4.75. The van der Waals surface area contributed by atoms with E-state index in [0.717, 1.165) is 0 Å². The Kier molecular flexibility index (Phi) is 5.45. The third-order valence-electron chi connectivity index (χ3n) is 12.2. The standard InChI is InChI=1S/C47H46N3/c1-44(2,3)29-21-23-48-40(27-29)34-17-14-20-38-42(34)50(48)43-35(41-28-30(45(4,5)6)22-24-49(41)50)25-31(46(7,8)9)26-39(43)47(38)36-18-12-10-15-32(36)33-16-11-13-19-37(33)47/h10-28H,1-9H3/q+3. The second-order valence-corrected chi connectivity index (χ2v) is 18.1. The minimum Gasteiger partial charge on any atom is -0.0619 e. The molecule has 0 saturated carbocycles. The largest absolute Gasteiger partial charge is 0.286 e. The fraction of sp³-hybridized carbons (Fsp3) is 0.277. The van der Waals surface area contributed by atoms with E-state index >= 15 is 0 Å². The van der Waals surface area contributed by atoms with Crippen LogP contribution in [-0.2, 0) is 21.7 Å². The Morgan fingerprint density at radius 3 is 1.42 bits per heavy atom. The molecular formula is C47H46N3+3. The van der Waals surface area contributed by atoms with Crippen molar-refractivity contribution in [3.8, 4) is 33.6 Å². The maximum absolute atomic E-state index is 2.59. The zero-order valence-corrected chi connectivity index (χ0v) is 30.8. The van der Waals surface area contributed by atoms with Crippen molar-refractivity contribution in [2.75, 3.05) is 0 Å². The topological polar surface area (TPSA) is 7.76 Å². The van der Waals surface area contributed by atoms with E-state index in [0.29, 0.717) is 4.70 Å². The highest BCUT2D eigenvalue weighted by molar-refractivity contribution is 5.99. The number of fused-ring (bicyclic) bond motifs is 11. The molecule has 4 aliphatic rings. The molecule has 0 bridgehead atoms. The number of benzene rings is 4. The van der Waals surface area contributed by atoms with Crippen molar-refractivity contribution in [2.45, 2.75) is 84.0 Å². The van der Waals surface area contributed by atoms with Gasteiger partial charge in [0.25, 0.3) is 22.8 Å². The van der Waals surface area contributed by atoms with Crippen molar-refractivity contribution in [2.24, 2.45) is 0 Å². The lowest BCUT2D eigenvalue weighted by molar-refractivity contribution is -1.02. The Labute approximate surface area is 296 Å². The van der Waals surface area contributed by atoms with Crippen LogP contribution in [0.1, 0.15) is 101 Å². The van der Waals surface area contributed by atoms with E-state index in [9.17, 15) is 0 Å². The molecule has 1 unspecified atom stereocenters. The summed E-state index contributed by atoms with van der Waals surface area (Å²) < 4.78 is 5.63. The lowest BCUT2D eigenvalue weighted by atomic mass is 9.63. The Morgan fingerprint density at radius 1 is 0.420 bits per heavy atom. The highest BCUT2D eigenvalue weighted by Crippen LogP contribution is 2.68. The van der Waals surface area contributed by atoms with Gasteiger partial charge in [0.05, 0.1) is 14.8 Å². The zero-order valence-electron chi connectivity index (χ0n) is 30.8. The van der Waals surface area contributed by atoms with Crippen molar-refractivity contribution in [3.63, 3.8) is 0 Å². The number of nitrogens with zero attached hydrogens (tertiary/aromatic N) is 3. The first-order valence-corrected chi connectivity index (χ1v) is 18.3. The maximum Gasteiger partial charge on any atom is 0.286 e. The maximum atomic E-state index is 2.59. The predicted molar refractivity (Wildman–Crippen MR) is 203 cm³/mol. The number of quaternary nitrogens is 1. The van der Waals surface area contributed by atoms with Crippen molar-refractivity contribution in [3.05, 3.63) is 154 Å². The number of aromatic nitrogens is 2. The van der Waals surface area contributed by atoms with Crippen molar-refractivity contribution < 1.29 is 9.35 Å². The van der Waals surface area contributed by atoms with Crippen LogP contribution in [0.15, 0.2) is 116 Å². The molecule has 6 aromatic rings. The minimum absolute atomic E-state index is 0.0130. The van der Waals surface area contributed by atoms with Gasteiger partial charge in [0, 0.05) is 35.4 Å². The second-order valence-electron chi connectivity index (χ2n) is 18.1. The van der Waals surface area contributed by atoms with E-state index in [1.807, 2.05) is 0 Å². The third kappa shape index (κ3) is 3.35. The number of hydrogen-bond acceptors (Lipinski definition) is 0. The number of hydrogen-bond donors (Lipinski definition) is 0. The van der Waals surface area contributed by atoms with Gasteiger partial charge in [-0.25, -0.2) is 0 Å². The summed E-state index contributed by atoms with van der Waals surface area (Å²) in [4.78, 5) is 0. The monoisotopic (exact) mass is 652 g/mol. The Balaban J connectivity index is 1.48. The Morgan fingerprint density at radius 2 is 0.880 bits per heavy atom. The van der Waals surface area contributed by atoms with E-state index in [-0.39, 0.29) is 16.2 Å². The van der Waals surface area contributed by atoms with Gasteiger partial charge >= 0.3 is 0 Å². The van der Waals surface area contributed by atoms with Gasteiger partial charge in [-0.15, -0.1) is 0 Å². The van der Waals surface area contributed by atoms with Crippen molar-refractivity contribution >= 4 is 11.4 Å². The van der Waals surface area contributed by atoms with Gasteiger partial charge in [-0.2, -0.15) is 0 Å². The highest BCUT2D eigenvalue weighted by atomic mass is 15.9. The molecule has 1 aliphatic carbocycles. The van der Waals surface area contributed by atoms with Crippen LogP contribution in [0, 0.1) is 0 Å². The molecule has 2 spiro atoms. The molecule has 0 N–H and O–H groups in total. The molecule has 0 fully saturated rings. The number of para-hydroxylation sites is 1. The predicted octanol–water partition coefficient (Wildman–Crippen LogP) is 10.4. The van der Waals surface area contributed by atoms with Crippen molar-refractivity contribution in [1.29, 1.82) is 0 Å². The van der Waals surface area contributed by atoms with Gasteiger partial charge in [-0.1, -0.05) is 123 Å². The van der Waals surface area contributed by atoms with E-state index in [2.05, 4.69) is 187 Å². The highest BCUT2D eigenvalue weighted by Gasteiger charge is 2.75. The lowest BCUT2D eigenvalue weighted by Crippen LogP contribution is -2.82. The van der Waals surface area contributed by atoms with Crippen LogP contribution < -0.4 is 14.1 Å². The van der Waals surface area contributed by atoms with Crippen molar-refractivity contribution in [1.82, 2.24) is 4.70 Å². The van der Waals surface area contributed by atoms with Crippen LogP contribution in [0.25, 0.3) is 33.6 Å². The summed E-state index contributed by atoms with van der Waals surface area (Å²) in [5.41, 5.74) is 19.7. The Bertz CT molecular complexity index is 2450. The summed E-state index contributed by atoms with van der Waals surface area (Å²) in [5, 5.41) is 0. The minimum atomic E-state index is -0.476. The molecular weight excluding hydrogens is 607 g/mol. The second kappa shape index (κ2) is 9.08. The molecule has 3 heteroatoms. The molecule has 3 nitrogen and oxygen atoms in total. The molecule has 5 heterocycles. The molecule has 4 aromatic carbocycles. The first-order valence-electron chi connectivity index (χ1n) is 18.3. The smallest absolute Gasteiger partial charge is 0.0619 e. The fourth-order valence-electron chi connectivity index (χ4n) is 9.71. The van der Waals surface area contributed by atoms with E-state index in [4.69, 9.17) is 0 Å². The average Bonchev–Trinajstić information content (AvgIpc) is 3.66. The first-order chi connectivity index (χ1) is 23.7. The van der Waals surface area contributed by atoms with Crippen LogP contribution in [0.3, 0.4) is 0 Å². The van der Waals surface area contributed by atoms with Crippen LogP contribution in [0.2, 0.25) is 0 Å². The van der Waals surface area contributed by atoms with Gasteiger partial charge < -0.3 is 0 Å². The molecule has 0 amide bonds. The van der Waals surface area contributed by atoms with E-state index in [1.165, 1.54) is 84.0 Å². The van der Waals surface area contributed by atoms with Gasteiger partial charge in [0.15, 0.2) is 4.70 Å². The number of pyridine rings is 2. The summed E-state index contributed by atoms with van der Waals surface area (Å²) in [5.74, 6) is 0. The SMILES string of the molecule is CC(C)(C)c1cc2c3c(c1)C1(c4ccccc4-c4ccccc41)c1cccc4c1[N+]3([n+]1ccc(C(C)(C)C)cc1-4)[n+]1ccc(C(C)(C)C)cc1-2. The van der Waals surface area contributed by atoms with Gasteiger partial charge in [0.2, 0.25) is 12.4 Å². The van der Waals surface area contributed by atoms with Crippen LogP contribution in [0.4, 0.5) is 11.4 Å². The third-order valence-corrected chi connectivity index (χ3v) is 12.2. The van der Waals surface area contributed by atoms with Crippen LogP contribution in [0.5, 0.6) is 0 Å². The lowest BCUT2D eigenvalue weighted by Gasteiger charge is -2.39. The van der Waals surface area contributed by atoms with Gasteiger partial charge in [-0.3, -0.25) is 0 Å². The summed E-state index contributed by atoms with van der Waals surface area (Å²) in [6, 6.07) is 40.4. The van der Waals surface area contributed by atoms with Gasteiger partial charge in [-0.05, 0) is 73.4 Å². The molecule has 3 aliphatic heterocycles. The van der Waals surface area contributed by atoms with Crippen LogP contribution >= 0.6 is 0 Å².